The standard InChI is InChI=1S/C14H9NO5S/c15-7-1-3-9-11(5-7)14(17)12-6-8(21(18,19)20)2-4-10(12)13(9)16/h1-6H,15H2,(H,18,19,20). The van der Waals surface area contributed by atoms with Crippen molar-refractivity contribution in [1.29, 1.82) is 0 Å². The Morgan fingerprint density at radius 2 is 1.33 bits per heavy atom. The summed E-state index contributed by atoms with van der Waals surface area (Å²) in [6.07, 6.45) is 0. The predicted molar refractivity (Wildman–Crippen MR) is 74.0 cm³/mol. The fourth-order valence-electron chi connectivity index (χ4n) is 2.31. The van der Waals surface area contributed by atoms with Crippen molar-refractivity contribution >= 4 is 27.4 Å². The first-order chi connectivity index (χ1) is 9.79. The number of carbonyl (C=O) groups is 2. The second kappa shape index (κ2) is 4.24. The average molecular weight is 303 g/mol. The number of carbonyl (C=O) groups excluding carboxylic acids is 2. The van der Waals surface area contributed by atoms with Gasteiger partial charge in [-0.25, -0.2) is 0 Å². The molecule has 3 N–H and O–H groups in total. The summed E-state index contributed by atoms with van der Waals surface area (Å²) in [4.78, 5) is 24.3. The molecule has 0 bridgehead atoms. The van der Waals surface area contributed by atoms with Gasteiger partial charge in [0, 0.05) is 27.9 Å². The van der Waals surface area contributed by atoms with Crippen LogP contribution in [0.15, 0.2) is 41.3 Å². The van der Waals surface area contributed by atoms with E-state index in [1.54, 1.807) is 0 Å². The fourth-order valence-corrected chi connectivity index (χ4v) is 2.81. The SMILES string of the molecule is Nc1ccc2c(c1)C(=O)c1cc(S(=O)(=O)O)ccc1C2=O. The zero-order valence-corrected chi connectivity index (χ0v) is 11.3. The maximum Gasteiger partial charge on any atom is 0.294 e. The molecule has 21 heavy (non-hydrogen) atoms. The first kappa shape index (κ1) is 13.5. The molecule has 0 saturated carbocycles. The molecule has 0 saturated heterocycles. The number of ketones is 2. The lowest BCUT2D eigenvalue weighted by Gasteiger charge is -2.18. The lowest BCUT2D eigenvalue weighted by Crippen LogP contribution is -2.21. The minimum atomic E-state index is -4.45. The number of hydrogen-bond donors (Lipinski definition) is 2. The average Bonchev–Trinajstić information content (AvgIpc) is 2.43. The highest BCUT2D eigenvalue weighted by molar-refractivity contribution is 7.85. The Labute approximate surface area is 120 Å². The fraction of sp³-hybridized carbons (Fsp3) is 0. The number of benzene rings is 2. The van der Waals surface area contributed by atoms with Gasteiger partial charge in [0.2, 0.25) is 0 Å². The lowest BCUT2D eigenvalue weighted by atomic mass is 9.84. The van der Waals surface area contributed by atoms with Gasteiger partial charge in [0.1, 0.15) is 0 Å². The smallest absolute Gasteiger partial charge is 0.294 e. The second-order valence-corrected chi connectivity index (χ2v) is 6.07. The van der Waals surface area contributed by atoms with E-state index in [9.17, 15) is 18.0 Å². The minimum Gasteiger partial charge on any atom is -0.399 e. The van der Waals surface area contributed by atoms with Crippen molar-refractivity contribution in [2.75, 3.05) is 5.73 Å². The minimum absolute atomic E-state index is 0.0618. The number of rotatable bonds is 1. The largest absolute Gasteiger partial charge is 0.399 e. The van der Waals surface area contributed by atoms with E-state index in [1.165, 1.54) is 24.3 Å². The summed E-state index contributed by atoms with van der Waals surface area (Å²) in [6.45, 7) is 0. The predicted octanol–water partition coefficient (Wildman–Crippen LogP) is 1.29. The molecule has 106 valence electrons. The molecule has 6 nitrogen and oxygen atoms in total. The third-order valence-corrected chi connectivity index (χ3v) is 4.16. The molecule has 0 aliphatic heterocycles. The molecular formula is C14H9NO5S. The molecule has 0 unspecified atom stereocenters. The highest BCUT2D eigenvalue weighted by Gasteiger charge is 2.30. The summed E-state index contributed by atoms with van der Waals surface area (Å²) in [7, 11) is -4.45. The molecule has 3 rings (SSSR count). The topological polar surface area (TPSA) is 115 Å². The van der Waals surface area contributed by atoms with E-state index < -0.39 is 20.8 Å². The molecule has 0 radical (unpaired) electrons. The van der Waals surface area contributed by atoms with Gasteiger partial charge in [-0.3, -0.25) is 14.1 Å². The molecule has 1 aliphatic rings. The Morgan fingerprint density at radius 1 is 0.810 bits per heavy atom. The maximum atomic E-state index is 12.4. The molecule has 0 aromatic heterocycles. The van der Waals surface area contributed by atoms with Crippen molar-refractivity contribution in [3.8, 4) is 0 Å². The summed E-state index contributed by atoms with van der Waals surface area (Å²) in [6, 6.07) is 7.65. The van der Waals surface area contributed by atoms with Gasteiger partial charge in [-0.2, -0.15) is 8.42 Å². The maximum absolute atomic E-state index is 12.4. The van der Waals surface area contributed by atoms with E-state index in [2.05, 4.69) is 0 Å². The van der Waals surface area contributed by atoms with Gasteiger partial charge in [-0.15, -0.1) is 0 Å². The number of nitrogens with two attached hydrogens (primary N) is 1. The van der Waals surface area contributed by atoms with Crippen LogP contribution in [0.2, 0.25) is 0 Å². The molecule has 2 aromatic carbocycles. The lowest BCUT2D eigenvalue weighted by molar-refractivity contribution is 0.0979. The van der Waals surface area contributed by atoms with Crippen LogP contribution in [-0.4, -0.2) is 24.5 Å². The van der Waals surface area contributed by atoms with Crippen LogP contribution in [0.1, 0.15) is 31.8 Å². The Balaban J connectivity index is 2.29. The van der Waals surface area contributed by atoms with Crippen molar-refractivity contribution < 1.29 is 22.6 Å². The summed E-state index contributed by atoms with van der Waals surface area (Å²) >= 11 is 0. The van der Waals surface area contributed by atoms with Crippen LogP contribution >= 0.6 is 0 Å². The molecule has 2 aromatic rings. The van der Waals surface area contributed by atoms with Crippen LogP contribution in [0, 0.1) is 0 Å². The van der Waals surface area contributed by atoms with Gasteiger partial charge >= 0.3 is 0 Å². The van der Waals surface area contributed by atoms with E-state index in [4.69, 9.17) is 10.3 Å². The van der Waals surface area contributed by atoms with E-state index in [-0.39, 0.29) is 28.0 Å². The zero-order valence-electron chi connectivity index (χ0n) is 10.5. The van der Waals surface area contributed by atoms with Crippen molar-refractivity contribution in [2.45, 2.75) is 4.90 Å². The molecule has 0 spiro atoms. The Hall–Kier alpha value is -2.51. The second-order valence-electron chi connectivity index (χ2n) is 4.65. The van der Waals surface area contributed by atoms with Crippen LogP contribution < -0.4 is 5.73 Å². The summed E-state index contributed by atoms with van der Waals surface area (Å²) in [5, 5.41) is 0. The highest BCUT2D eigenvalue weighted by Crippen LogP contribution is 2.30. The van der Waals surface area contributed by atoms with Crippen molar-refractivity contribution in [3.05, 3.63) is 58.7 Å². The Bertz CT molecular complexity index is 915. The van der Waals surface area contributed by atoms with Crippen LogP contribution in [0.25, 0.3) is 0 Å². The van der Waals surface area contributed by atoms with Gasteiger partial charge < -0.3 is 5.73 Å². The Kier molecular flexibility index (Phi) is 2.72. The normalized spacial score (nSPS) is 13.8. The van der Waals surface area contributed by atoms with Crippen LogP contribution in [0.4, 0.5) is 5.69 Å². The quantitative estimate of drug-likeness (QED) is 0.517. The zero-order chi connectivity index (χ0) is 15.4. The summed E-state index contributed by atoms with van der Waals surface area (Å²) < 4.78 is 31.3. The molecule has 7 heteroatoms. The van der Waals surface area contributed by atoms with E-state index >= 15 is 0 Å². The molecule has 0 amide bonds. The first-order valence-electron chi connectivity index (χ1n) is 5.89. The van der Waals surface area contributed by atoms with Crippen LogP contribution in [0.3, 0.4) is 0 Å². The van der Waals surface area contributed by atoms with Crippen LogP contribution in [0.5, 0.6) is 0 Å². The van der Waals surface area contributed by atoms with Crippen molar-refractivity contribution in [3.63, 3.8) is 0 Å². The molecule has 0 heterocycles. The number of hydrogen-bond acceptors (Lipinski definition) is 5. The van der Waals surface area contributed by atoms with Crippen molar-refractivity contribution in [2.24, 2.45) is 0 Å². The third kappa shape index (κ3) is 2.03. The molecule has 1 aliphatic carbocycles. The third-order valence-electron chi connectivity index (χ3n) is 3.31. The van der Waals surface area contributed by atoms with E-state index in [0.29, 0.717) is 5.69 Å². The first-order valence-corrected chi connectivity index (χ1v) is 7.33. The van der Waals surface area contributed by atoms with Gasteiger partial charge in [-0.05, 0) is 36.4 Å². The number of fused-ring (bicyclic) bond motifs is 2. The van der Waals surface area contributed by atoms with Gasteiger partial charge in [-0.1, -0.05) is 0 Å². The monoisotopic (exact) mass is 303 g/mol. The van der Waals surface area contributed by atoms with E-state index in [1.807, 2.05) is 0 Å². The van der Waals surface area contributed by atoms with Crippen molar-refractivity contribution in [1.82, 2.24) is 0 Å². The molecule has 0 atom stereocenters. The molecule has 0 fully saturated rings. The number of nitrogen functional groups attached to an aromatic ring is 1. The van der Waals surface area contributed by atoms with Crippen LogP contribution in [-0.2, 0) is 10.1 Å². The number of anilines is 1. The Morgan fingerprint density at radius 3 is 1.95 bits per heavy atom. The van der Waals surface area contributed by atoms with Gasteiger partial charge in [0.05, 0.1) is 4.90 Å². The summed E-state index contributed by atoms with van der Waals surface area (Å²) in [5.74, 6) is -0.890. The van der Waals surface area contributed by atoms with E-state index in [0.717, 1.165) is 12.1 Å². The van der Waals surface area contributed by atoms with Gasteiger partial charge in [0.25, 0.3) is 10.1 Å². The van der Waals surface area contributed by atoms with Gasteiger partial charge in [0.15, 0.2) is 11.6 Å². The highest BCUT2D eigenvalue weighted by atomic mass is 32.2. The summed E-state index contributed by atoms with van der Waals surface area (Å²) in [5.41, 5.74) is 6.32. The molecular weight excluding hydrogens is 294 g/mol.